The molecule has 1 fully saturated rings. The van der Waals surface area contributed by atoms with Gasteiger partial charge in [0.2, 0.25) is 0 Å². The van der Waals surface area contributed by atoms with Gasteiger partial charge in [-0.15, -0.1) is 0 Å². The molecular weight excluding hydrogens is 234 g/mol. The van der Waals surface area contributed by atoms with Crippen LogP contribution >= 0.6 is 0 Å². The van der Waals surface area contributed by atoms with Crippen LogP contribution in [-0.4, -0.2) is 16.1 Å². The van der Waals surface area contributed by atoms with E-state index in [4.69, 9.17) is 0 Å². The van der Waals surface area contributed by atoms with Crippen LogP contribution in [0, 0.1) is 13.8 Å². The van der Waals surface area contributed by atoms with Crippen molar-refractivity contribution in [2.45, 2.75) is 39.2 Å². The molecule has 0 spiro atoms. The van der Waals surface area contributed by atoms with Crippen LogP contribution in [0.1, 0.15) is 42.1 Å². The molecule has 0 radical (unpaired) electrons. The molecule has 1 saturated heterocycles. The van der Waals surface area contributed by atoms with Crippen LogP contribution in [0.25, 0.3) is 5.69 Å². The highest BCUT2D eigenvalue weighted by molar-refractivity contribution is 5.46. The summed E-state index contributed by atoms with van der Waals surface area (Å²) in [4.78, 5) is 4.37. The maximum Gasteiger partial charge on any atom is 0.0994 e. The predicted molar refractivity (Wildman–Crippen MR) is 77.6 cm³/mol. The van der Waals surface area contributed by atoms with Gasteiger partial charge in [0.15, 0.2) is 0 Å². The van der Waals surface area contributed by atoms with Crippen LogP contribution in [0.2, 0.25) is 0 Å². The van der Waals surface area contributed by atoms with E-state index in [9.17, 15) is 0 Å². The Morgan fingerprint density at radius 1 is 1.26 bits per heavy atom. The Bertz CT molecular complexity index is 565. The van der Waals surface area contributed by atoms with Gasteiger partial charge in [-0.05, 0) is 50.4 Å². The predicted octanol–water partition coefficient (Wildman–Crippen LogP) is 3.30. The van der Waals surface area contributed by atoms with Gasteiger partial charge in [-0.25, -0.2) is 4.98 Å². The highest BCUT2D eigenvalue weighted by atomic mass is 15.1. The Balaban J connectivity index is 2.01. The third-order valence-electron chi connectivity index (χ3n) is 4.17. The molecule has 0 aliphatic carbocycles. The Kier molecular flexibility index (Phi) is 3.38. The minimum atomic E-state index is 0.441. The van der Waals surface area contributed by atoms with E-state index in [0.29, 0.717) is 6.04 Å². The van der Waals surface area contributed by atoms with Crippen LogP contribution < -0.4 is 5.32 Å². The smallest absolute Gasteiger partial charge is 0.0994 e. The van der Waals surface area contributed by atoms with E-state index < -0.39 is 0 Å². The summed E-state index contributed by atoms with van der Waals surface area (Å²) in [7, 11) is 0. The third kappa shape index (κ3) is 2.30. The number of aromatic nitrogens is 2. The second-order valence-corrected chi connectivity index (χ2v) is 5.41. The molecule has 100 valence electrons. The average Bonchev–Trinajstić information content (AvgIpc) is 2.92. The first-order chi connectivity index (χ1) is 9.27. The van der Waals surface area contributed by atoms with Gasteiger partial charge in [-0.3, -0.25) is 0 Å². The summed E-state index contributed by atoms with van der Waals surface area (Å²) >= 11 is 0. The minimum Gasteiger partial charge on any atom is -0.309 e. The maximum absolute atomic E-state index is 4.37. The van der Waals surface area contributed by atoms with E-state index >= 15 is 0 Å². The van der Waals surface area contributed by atoms with Crippen LogP contribution in [0.15, 0.2) is 30.7 Å². The van der Waals surface area contributed by atoms with Gasteiger partial charge in [-0.1, -0.05) is 18.6 Å². The standard InChI is InChI=1S/C16H21N3/c1-12-6-5-8-15(13(12)2)19-11-17-10-16(19)14-7-3-4-9-18-14/h5-6,8,10-11,14,18H,3-4,7,9H2,1-2H3. The van der Waals surface area contributed by atoms with E-state index in [0.717, 1.165) is 6.54 Å². The summed E-state index contributed by atoms with van der Waals surface area (Å²) < 4.78 is 2.24. The number of nitrogens with zero attached hydrogens (tertiary/aromatic N) is 2. The van der Waals surface area contributed by atoms with Gasteiger partial charge >= 0.3 is 0 Å². The van der Waals surface area contributed by atoms with Crippen molar-refractivity contribution >= 4 is 0 Å². The average molecular weight is 255 g/mol. The molecule has 2 aromatic rings. The molecule has 0 amide bonds. The summed E-state index contributed by atoms with van der Waals surface area (Å²) in [6.45, 7) is 5.46. The van der Waals surface area contributed by atoms with Crippen LogP contribution in [0.4, 0.5) is 0 Å². The molecule has 0 bridgehead atoms. The summed E-state index contributed by atoms with van der Waals surface area (Å²) in [5.41, 5.74) is 5.19. The number of rotatable bonds is 2. The van der Waals surface area contributed by atoms with Crippen LogP contribution in [0.5, 0.6) is 0 Å². The molecule has 1 aromatic heterocycles. The minimum absolute atomic E-state index is 0.441. The van der Waals surface area contributed by atoms with Crippen molar-refractivity contribution in [1.29, 1.82) is 0 Å². The molecule has 3 nitrogen and oxygen atoms in total. The monoisotopic (exact) mass is 255 g/mol. The first-order valence-corrected chi connectivity index (χ1v) is 7.09. The molecule has 1 aromatic carbocycles. The number of nitrogens with one attached hydrogen (secondary N) is 1. The Labute approximate surface area is 114 Å². The molecule has 2 heterocycles. The Morgan fingerprint density at radius 2 is 2.16 bits per heavy atom. The van der Waals surface area contributed by atoms with Gasteiger partial charge in [0, 0.05) is 11.7 Å². The quantitative estimate of drug-likeness (QED) is 0.892. The van der Waals surface area contributed by atoms with Gasteiger partial charge in [0.25, 0.3) is 0 Å². The van der Waals surface area contributed by atoms with Gasteiger partial charge < -0.3 is 9.88 Å². The van der Waals surface area contributed by atoms with Gasteiger partial charge in [0.05, 0.1) is 18.2 Å². The highest BCUT2D eigenvalue weighted by Crippen LogP contribution is 2.26. The zero-order chi connectivity index (χ0) is 13.2. The zero-order valence-electron chi connectivity index (χ0n) is 11.7. The topological polar surface area (TPSA) is 29.9 Å². The van der Waals surface area contributed by atoms with Crippen molar-refractivity contribution in [3.8, 4) is 5.69 Å². The van der Waals surface area contributed by atoms with Crippen LogP contribution in [0.3, 0.4) is 0 Å². The molecule has 1 unspecified atom stereocenters. The summed E-state index contributed by atoms with van der Waals surface area (Å²) in [5, 5.41) is 3.60. The lowest BCUT2D eigenvalue weighted by Gasteiger charge is -2.25. The summed E-state index contributed by atoms with van der Waals surface area (Å²) in [6, 6.07) is 6.90. The lowest BCUT2D eigenvalue weighted by molar-refractivity contribution is 0.402. The first kappa shape index (κ1) is 12.4. The normalized spacial score (nSPS) is 19.6. The first-order valence-electron chi connectivity index (χ1n) is 7.09. The van der Waals surface area contributed by atoms with Crippen LogP contribution in [-0.2, 0) is 0 Å². The number of benzene rings is 1. The fraction of sp³-hybridized carbons (Fsp3) is 0.438. The number of piperidine rings is 1. The van der Waals surface area contributed by atoms with Crippen molar-refractivity contribution in [1.82, 2.24) is 14.9 Å². The fourth-order valence-corrected chi connectivity index (χ4v) is 2.87. The summed E-state index contributed by atoms with van der Waals surface area (Å²) in [5.74, 6) is 0. The third-order valence-corrected chi connectivity index (χ3v) is 4.17. The van der Waals surface area contributed by atoms with Crippen molar-refractivity contribution in [2.75, 3.05) is 6.54 Å². The molecule has 1 aliphatic rings. The lowest BCUT2D eigenvalue weighted by atomic mass is 10.0. The molecule has 3 rings (SSSR count). The Morgan fingerprint density at radius 3 is 2.95 bits per heavy atom. The molecule has 3 heteroatoms. The SMILES string of the molecule is Cc1cccc(-n2cncc2C2CCCCN2)c1C. The van der Waals surface area contributed by atoms with Crippen molar-refractivity contribution in [2.24, 2.45) is 0 Å². The van der Waals surface area contributed by atoms with Gasteiger partial charge in [-0.2, -0.15) is 0 Å². The van der Waals surface area contributed by atoms with E-state index in [-0.39, 0.29) is 0 Å². The second-order valence-electron chi connectivity index (χ2n) is 5.41. The number of imidazole rings is 1. The fourth-order valence-electron chi connectivity index (χ4n) is 2.87. The molecule has 0 saturated carbocycles. The highest BCUT2D eigenvalue weighted by Gasteiger charge is 2.19. The molecular formula is C16H21N3. The van der Waals surface area contributed by atoms with Crippen molar-refractivity contribution in [3.63, 3.8) is 0 Å². The molecule has 19 heavy (non-hydrogen) atoms. The zero-order valence-corrected chi connectivity index (χ0v) is 11.7. The van der Waals surface area contributed by atoms with E-state index in [1.165, 1.54) is 41.8 Å². The maximum atomic E-state index is 4.37. The number of hydrogen-bond acceptors (Lipinski definition) is 2. The van der Waals surface area contributed by atoms with Crippen molar-refractivity contribution < 1.29 is 0 Å². The molecule has 1 N–H and O–H groups in total. The van der Waals surface area contributed by atoms with Crippen molar-refractivity contribution in [3.05, 3.63) is 47.5 Å². The largest absolute Gasteiger partial charge is 0.309 e. The molecule has 1 aliphatic heterocycles. The Hall–Kier alpha value is -1.61. The van der Waals surface area contributed by atoms with E-state index in [1.54, 1.807) is 0 Å². The number of hydrogen-bond donors (Lipinski definition) is 1. The van der Waals surface area contributed by atoms with Gasteiger partial charge in [0.1, 0.15) is 0 Å². The van der Waals surface area contributed by atoms with E-state index in [2.05, 4.69) is 46.9 Å². The van der Waals surface area contributed by atoms with E-state index in [1.807, 2.05) is 12.5 Å². The second kappa shape index (κ2) is 5.17. The molecule has 1 atom stereocenters. The number of aryl methyl sites for hydroxylation is 1. The lowest BCUT2D eigenvalue weighted by Crippen LogP contribution is -2.28. The summed E-state index contributed by atoms with van der Waals surface area (Å²) in [6.07, 6.45) is 7.73.